The number of aryl methyl sites for hydroxylation is 1. The van der Waals surface area contributed by atoms with Crippen molar-refractivity contribution in [2.75, 3.05) is 39.9 Å². The van der Waals surface area contributed by atoms with E-state index in [1.165, 1.54) is 26.0 Å². The molecule has 2 heterocycles. The number of hydrogen-bond acceptors (Lipinski definition) is 10. The van der Waals surface area contributed by atoms with Gasteiger partial charge in [-0.2, -0.15) is 0 Å². The Morgan fingerprint density at radius 1 is 1.11 bits per heavy atom. The fourth-order valence-corrected chi connectivity index (χ4v) is 4.04. The van der Waals surface area contributed by atoms with Crippen LogP contribution in [0.25, 0.3) is 0 Å². The maximum atomic E-state index is 15.1. The molecular formula is C24H28F3N3O7. The highest BCUT2D eigenvalue weighted by Crippen LogP contribution is 2.40. The summed E-state index contributed by atoms with van der Waals surface area (Å²) >= 11 is 0. The van der Waals surface area contributed by atoms with Crippen molar-refractivity contribution in [3.8, 4) is 0 Å². The first kappa shape index (κ1) is 28.3. The Bertz CT molecular complexity index is 1150. The number of carbonyl (C=O) groups is 2. The maximum Gasteiger partial charge on any atom is 0.356 e. The minimum Gasteiger partial charge on any atom is -0.466 e. The number of hydrogen-bond donors (Lipinski definition) is 1. The number of carbonyl (C=O) groups excluding carboxylic acids is 2. The number of aromatic nitrogens is 2. The maximum absolute atomic E-state index is 15.1. The van der Waals surface area contributed by atoms with Crippen molar-refractivity contribution in [2.24, 2.45) is 0 Å². The van der Waals surface area contributed by atoms with Gasteiger partial charge in [-0.25, -0.2) is 32.7 Å². The lowest BCUT2D eigenvalue weighted by molar-refractivity contribution is -0.187. The lowest BCUT2D eigenvalue weighted by atomic mass is 9.93. The minimum atomic E-state index is -3.41. The molecule has 0 saturated carbocycles. The van der Waals surface area contributed by atoms with Gasteiger partial charge in [-0.1, -0.05) is 18.2 Å². The molecule has 10 nitrogen and oxygen atoms in total. The highest BCUT2D eigenvalue weighted by atomic mass is 19.3. The van der Waals surface area contributed by atoms with Crippen molar-refractivity contribution in [1.29, 1.82) is 0 Å². The van der Waals surface area contributed by atoms with Gasteiger partial charge in [0.15, 0.2) is 6.29 Å². The topological polar surface area (TPSA) is 118 Å². The van der Waals surface area contributed by atoms with E-state index in [-0.39, 0.29) is 41.7 Å². The van der Waals surface area contributed by atoms with Crippen molar-refractivity contribution in [3.05, 3.63) is 52.2 Å². The number of nitrogens with one attached hydrogen (secondary N) is 1. The predicted molar refractivity (Wildman–Crippen MR) is 122 cm³/mol. The second kappa shape index (κ2) is 11.0. The van der Waals surface area contributed by atoms with Crippen molar-refractivity contribution in [1.82, 2.24) is 9.97 Å². The molecule has 1 aliphatic heterocycles. The summed E-state index contributed by atoms with van der Waals surface area (Å²) in [5.74, 6) is -6.71. The van der Waals surface area contributed by atoms with Gasteiger partial charge in [0.1, 0.15) is 23.2 Å². The van der Waals surface area contributed by atoms with E-state index >= 15 is 4.39 Å². The number of halogens is 3. The highest BCUT2D eigenvalue weighted by molar-refractivity contribution is 6.04. The molecule has 0 radical (unpaired) electrons. The molecule has 0 amide bonds. The molecule has 0 spiro atoms. The van der Waals surface area contributed by atoms with Gasteiger partial charge in [-0.15, -0.1) is 0 Å². The van der Waals surface area contributed by atoms with E-state index in [9.17, 15) is 18.4 Å². The molecular weight excluding hydrogens is 499 g/mol. The summed E-state index contributed by atoms with van der Waals surface area (Å²) < 4.78 is 69.3. The van der Waals surface area contributed by atoms with Gasteiger partial charge >= 0.3 is 17.5 Å². The zero-order valence-electron chi connectivity index (χ0n) is 21.2. The molecule has 1 saturated heterocycles. The van der Waals surface area contributed by atoms with Gasteiger partial charge in [0.05, 0.1) is 44.6 Å². The average molecular weight is 527 g/mol. The Hall–Kier alpha value is -3.29. The molecule has 3 rings (SSSR count). The molecule has 2 aromatic rings. The van der Waals surface area contributed by atoms with Gasteiger partial charge in [-0.05, 0) is 13.8 Å². The van der Waals surface area contributed by atoms with Crippen LogP contribution in [-0.2, 0) is 44.8 Å². The third-order valence-electron chi connectivity index (χ3n) is 5.82. The number of rotatable bonds is 9. The van der Waals surface area contributed by atoms with Crippen molar-refractivity contribution in [3.63, 3.8) is 0 Å². The van der Waals surface area contributed by atoms with Crippen LogP contribution in [0, 0.1) is 12.7 Å². The zero-order chi connectivity index (χ0) is 27.5. The average Bonchev–Trinajstić information content (AvgIpc) is 3.38. The molecule has 1 N–H and O–H groups in total. The van der Waals surface area contributed by atoms with E-state index < -0.39 is 47.2 Å². The largest absolute Gasteiger partial charge is 0.466 e. The number of anilines is 1. The number of esters is 2. The predicted octanol–water partition coefficient (Wildman–Crippen LogP) is 3.44. The summed E-state index contributed by atoms with van der Waals surface area (Å²) in [6, 6.07) is 2.75. The number of nitrogens with zero attached hydrogens (tertiary/aromatic N) is 2. The normalized spacial score (nSPS) is 15.4. The summed E-state index contributed by atoms with van der Waals surface area (Å²) in [5.41, 5.74) is -3.62. The lowest BCUT2D eigenvalue weighted by Gasteiger charge is -2.30. The molecule has 0 aliphatic carbocycles. The van der Waals surface area contributed by atoms with E-state index in [0.29, 0.717) is 6.92 Å². The molecule has 1 atom stereocenters. The summed E-state index contributed by atoms with van der Waals surface area (Å²) in [6.07, 6.45) is -1.16. The summed E-state index contributed by atoms with van der Waals surface area (Å²) in [7, 11) is 3.19. The standard InChI is InChI=1S/C24H28F3N3O7/c1-12(14-8-7-9-15(17(14)25)23(3,26)27)28-19-16(20-36-10-11-37-20)18(29-13(2)30-19)24(35-6,21(31)33-4)22(32)34-5/h7-9,12,20H,10-11H2,1-6H3,(H,28,29,30)/t12-/m1/s1. The minimum absolute atomic E-state index is 0.00927. The Balaban J connectivity index is 2.23. The van der Waals surface area contributed by atoms with Crippen LogP contribution in [0.4, 0.5) is 19.0 Å². The molecule has 202 valence electrons. The summed E-state index contributed by atoms with van der Waals surface area (Å²) in [4.78, 5) is 34.5. The monoisotopic (exact) mass is 527 g/mol. The Labute approximate surface area is 211 Å². The van der Waals surface area contributed by atoms with Gasteiger partial charge in [-0.3, -0.25) is 0 Å². The number of methoxy groups -OCH3 is 3. The quantitative estimate of drug-likeness (QED) is 0.384. The first-order chi connectivity index (χ1) is 17.4. The molecule has 1 aromatic carbocycles. The number of benzene rings is 1. The molecule has 1 aromatic heterocycles. The van der Waals surface area contributed by atoms with Crippen LogP contribution >= 0.6 is 0 Å². The number of alkyl halides is 2. The van der Waals surface area contributed by atoms with Crippen LogP contribution in [0.5, 0.6) is 0 Å². The van der Waals surface area contributed by atoms with Crippen LogP contribution in [0.3, 0.4) is 0 Å². The molecule has 1 aliphatic rings. The third-order valence-corrected chi connectivity index (χ3v) is 5.82. The molecule has 0 bridgehead atoms. The van der Waals surface area contributed by atoms with Crippen molar-refractivity contribution in [2.45, 2.75) is 44.6 Å². The van der Waals surface area contributed by atoms with E-state index in [0.717, 1.165) is 27.4 Å². The smallest absolute Gasteiger partial charge is 0.356 e. The van der Waals surface area contributed by atoms with Crippen LogP contribution in [-0.4, -0.2) is 56.4 Å². The van der Waals surface area contributed by atoms with Gasteiger partial charge < -0.3 is 29.0 Å². The first-order valence-corrected chi connectivity index (χ1v) is 11.2. The van der Waals surface area contributed by atoms with Crippen molar-refractivity contribution < 1.29 is 46.4 Å². The molecule has 1 fully saturated rings. The second-order valence-electron chi connectivity index (χ2n) is 8.29. The van der Waals surface area contributed by atoms with E-state index in [1.807, 2.05) is 0 Å². The first-order valence-electron chi connectivity index (χ1n) is 11.2. The summed E-state index contributed by atoms with van der Waals surface area (Å²) in [5, 5.41) is 2.96. The van der Waals surface area contributed by atoms with Gasteiger partial charge in [0.25, 0.3) is 5.92 Å². The zero-order valence-corrected chi connectivity index (χ0v) is 21.2. The summed E-state index contributed by atoms with van der Waals surface area (Å²) in [6.45, 7) is 3.95. The Morgan fingerprint density at radius 3 is 2.22 bits per heavy atom. The van der Waals surface area contributed by atoms with Gasteiger partial charge in [0.2, 0.25) is 0 Å². The lowest BCUT2D eigenvalue weighted by Crippen LogP contribution is -2.49. The fourth-order valence-electron chi connectivity index (χ4n) is 4.04. The Kier molecular flexibility index (Phi) is 8.40. The van der Waals surface area contributed by atoms with Crippen LogP contribution in [0.15, 0.2) is 18.2 Å². The van der Waals surface area contributed by atoms with Gasteiger partial charge in [0, 0.05) is 19.6 Å². The Morgan fingerprint density at radius 2 is 1.70 bits per heavy atom. The van der Waals surface area contributed by atoms with E-state index in [2.05, 4.69) is 15.3 Å². The molecule has 13 heteroatoms. The highest BCUT2D eigenvalue weighted by Gasteiger charge is 2.55. The third kappa shape index (κ3) is 5.24. The second-order valence-corrected chi connectivity index (χ2v) is 8.29. The van der Waals surface area contributed by atoms with Crippen molar-refractivity contribution >= 4 is 17.8 Å². The van der Waals surface area contributed by atoms with E-state index in [1.54, 1.807) is 0 Å². The van der Waals surface area contributed by atoms with Crippen LogP contribution < -0.4 is 5.32 Å². The molecule has 0 unspecified atom stereocenters. The fraction of sp³-hybridized carbons (Fsp3) is 0.500. The number of ether oxygens (including phenoxy) is 5. The van der Waals surface area contributed by atoms with Crippen LogP contribution in [0.1, 0.15) is 54.4 Å². The van der Waals surface area contributed by atoms with Crippen LogP contribution in [0.2, 0.25) is 0 Å². The van der Waals surface area contributed by atoms with E-state index in [4.69, 9.17) is 23.7 Å². The molecule has 37 heavy (non-hydrogen) atoms. The SMILES string of the molecule is COC(=O)C(OC)(C(=O)OC)c1nc(C)nc(N[C@H](C)c2cccc(C(C)(F)F)c2F)c1C1OCCO1.